The fourth-order valence-corrected chi connectivity index (χ4v) is 5.23. The Morgan fingerprint density at radius 3 is 2.41 bits per heavy atom. The average Bonchev–Trinajstić information content (AvgIpc) is 3.34. The van der Waals surface area contributed by atoms with E-state index < -0.39 is 0 Å². The molecule has 1 saturated heterocycles. The number of carbonyl (C=O) groups is 2. The maximum absolute atomic E-state index is 13.2. The Bertz CT molecular complexity index is 1110. The smallest absolute Gasteiger partial charge is 0.264 e. The van der Waals surface area contributed by atoms with Gasteiger partial charge in [-0.3, -0.25) is 14.3 Å². The number of hydrogen-bond acceptors (Lipinski definition) is 4. The predicted molar refractivity (Wildman–Crippen MR) is 129 cm³/mol. The van der Waals surface area contributed by atoms with Crippen LogP contribution in [0.1, 0.15) is 47.6 Å². The number of rotatable bonds is 6. The highest BCUT2D eigenvalue weighted by molar-refractivity contribution is 7.20. The molecule has 8 heteroatoms. The van der Waals surface area contributed by atoms with E-state index in [-0.39, 0.29) is 11.8 Å². The summed E-state index contributed by atoms with van der Waals surface area (Å²) in [7, 11) is 0. The molecule has 1 aliphatic heterocycles. The number of halogens is 1. The van der Waals surface area contributed by atoms with Crippen LogP contribution in [0.25, 0.3) is 10.2 Å². The first-order valence-corrected chi connectivity index (χ1v) is 12.3. The highest BCUT2D eigenvalue weighted by Crippen LogP contribution is 2.30. The van der Waals surface area contributed by atoms with E-state index in [0.29, 0.717) is 50.1 Å². The largest absolute Gasteiger partial charge is 0.339 e. The van der Waals surface area contributed by atoms with E-state index >= 15 is 0 Å². The summed E-state index contributed by atoms with van der Waals surface area (Å²) in [6.45, 7) is 9.24. The Morgan fingerprint density at radius 2 is 1.75 bits per heavy atom. The van der Waals surface area contributed by atoms with Gasteiger partial charge in [-0.1, -0.05) is 37.6 Å². The van der Waals surface area contributed by atoms with E-state index in [1.807, 2.05) is 51.7 Å². The molecule has 6 nitrogen and oxygen atoms in total. The van der Waals surface area contributed by atoms with Crippen LogP contribution < -0.4 is 0 Å². The number of carbonyl (C=O) groups excluding carboxylic acids is 2. The first-order chi connectivity index (χ1) is 15.3. The van der Waals surface area contributed by atoms with E-state index in [9.17, 15) is 9.59 Å². The topological polar surface area (TPSA) is 58.4 Å². The van der Waals surface area contributed by atoms with Crippen molar-refractivity contribution in [1.29, 1.82) is 0 Å². The standard InChI is InChI=1S/C24H29ClN4O2S/c1-16(2)4-9-22(30)27-10-12-28(13-11-27)23(31)21-14-20-17(3)26-29(24(20)32-21)15-18-5-7-19(25)8-6-18/h5-8,14,16H,4,9-13,15H2,1-3H3. The van der Waals surface area contributed by atoms with E-state index in [1.54, 1.807) is 0 Å². The number of benzene rings is 1. The zero-order valence-electron chi connectivity index (χ0n) is 18.8. The van der Waals surface area contributed by atoms with Crippen LogP contribution in [0.4, 0.5) is 0 Å². The lowest BCUT2D eigenvalue weighted by Crippen LogP contribution is -2.50. The molecule has 0 atom stereocenters. The van der Waals surface area contributed by atoms with Gasteiger partial charge in [-0.05, 0) is 43.0 Å². The van der Waals surface area contributed by atoms with E-state index in [2.05, 4.69) is 18.9 Å². The highest BCUT2D eigenvalue weighted by Gasteiger charge is 2.26. The molecule has 1 fully saturated rings. The lowest BCUT2D eigenvalue weighted by Gasteiger charge is -2.34. The second-order valence-electron chi connectivity index (χ2n) is 8.80. The summed E-state index contributed by atoms with van der Waals surface area (Å²) in [4.78, 5) is 31.0. The average molecular weight is 473 g/mol. The van der Waals surface area contributed by atoms with E-state index in [0.717, 1.165) is 32.8 Å². The molecule has 32 heavy (non-hydrogen) atoms. The Balaban J connectivity index is 1.43. The molecule has 2 aromatic heterocycles. The molecule has 4 rings (SSSR count). The first-order valence-electron chi connectivity index (χ1n) is 11.1. The number of piperazine rings is 1. The second-order valence-corrected chi connectivity index (χ2v) is 10.3. The molecule has 3 heterocycles. The van der Waals surface area contributed by atoms with Gasteiger partial charge in [-0.2, -0.15) is 5.10 Å². The van der Waals surface area contributed by atoms with Crippen molar-refractivity contribution < 1.29 is 9.59 Å². The number of nitrogens with zero attached hydrogens (tertiary/aromatic N) is 4. The van der Waals surface area contributed by atoms with Crippen molar-refractivity contribution in [2.45, 2.75) is 40.2 Å². The highest BCUT2D eigenvalue weighted by atomic mass is 35.5. The van der Waals surface area contributed by atoms with Gasteiger partial charge in [0.2, 0.25) is 5.91 Å². The lowest BCUT2D eigenvalue weighted by atomic mass is 10.1. The molecule has 1 aromatic carbocycles. The molecule has 2 amide bonds. The summed E-state index contributed by atoms with van der Waals surface area (Å²) in [5, 5.41) is 6.40. The number of thiophene rings is 1. The zero-order chi connectivity index (χ0) is 22.8. The SMILES string of the molecule is Cc1nn(Cc2ccc(Cl)cc2)c2sc(C(=O)N3CCN(C(=O)CCC(C)C)CC3)cc12. The third kappa shape index (κ3) is 4.99. The third-order valence-corrected chi connectivity index (χ3v) is 7.31. The number of amides is 2. The molecule has 0 N–H and O–H groups in total. The van der Waals surface area contributed by atoms with Crippen LogP contribution in [0, 0.1) is 12.8 Å². The molecule has 0 bridgehead atoms. The molecule has 1 aliphatic rings. The number of aryl methyl sites for hydroxylation is 1. The molecule has 0 radical (unpaired) electrons. The predicted octanol–water partition coefficient (Wildman–Crippen LogP) is 4.83. The third-order valence-electron chi connectivity index (χ3n) is 5.92. The van der Waals surface area contributed by atoms with Gasteiger partial charge >= 0.3 is 0 Å². The van der Waals surface area contributed by atoms with Crippen molar-refractivity contribution in [3.05, 3.63) is 51.5 Å². The van der Waals surface area contributed by atoms with Gasteiger partial charge in [0, 0.05) is 43.0 Å². The van der Waals surface area contributed by atoms with Crippen LogP contribution in [0.15, 0.2) is 30.3 Å². The maximum Gasteiger partial charge on any atom is 0.264 e. The number of hydrogen-bond donors (Lipinski definition) is 0. The van der Waals surface area contributed by atoms with Gasteiger partial charge in [-0.25, -0.2) is 0 Å². The number of fused-ring (bicyclic) bond motifs is 1. The van der Waals surface area contributed by atoms with Crippen LogP contribution in [0.5, 0.6) is 0 Å². The summed E-state index contributed by atoms with van der Waals surface area (Å²) < 4.78 is 1.96. The lowest BCUT2D eigenvalue weighted by molar-refractivity contribution is -0.132. The fourth-order valence-electron chi connectivity index (χ4n) is 3.97. The van der Waals surface area contributed by atoms with Crippen LogP contribution >= 0.6 is 22.9 Å². The van der Waals surface area contributed by atoms with E-state index in [1.165, 1.54) is 11.3 Å². The summed E-state index contributed by atoms with van der Waals surface area (Å²) >= 11 is 7.49. The second kappa shape index (κ2) is 9.63. The van der Waals surface area contributed by atoms with Crippen LogP contribution in [-0.4, -0.2) is 57.6 Å². The molecule has 0 aliphatic carbocycles. The van der Waals surface area contributed by atoms with Gasteiger partial charge < -0.3 is 9.80 Å². The van der Waals surface area contributed by atoms with Gasteiger partial charge in [-0.15, -0.1) is 11.3 Å². The van der Waals surface area contributed by atoms with Crippen LogP contribution in [0.2, 0.25) is 5.02 Å². The molecule has 0 spiro atoms. The van der Waals surface area contributed by atoms with Gasteiger partial charge in [0.25, 0.3) is 5.91 Å². The summed E-state index contributed by atoms with van der Waals surface area (Å²) in [6, 6.07) is 9.70. The summed E-state index contributed by atoms with van der Waals surface area (Å²) in [5.41, 5.74) is 2.03. The Hall–Kier alpha value is -2.38. The minimum atomic E-state index is 0.0397. The van der Waals surface area contributed by atoms with Crippen molar-refractivity contribution >= 4 is 45.0 Å². The van der Waals surface area contributed by atoms with Crippen molar-refractivity contribution in [2.75, 3.05) is 26.2 Å². The van der Waals surface area contributed by atoms with Gasteiger partial charge in [0.05, 0.1) is 17.1 Å². The normalized spacial score (nSPS) is 14.5. The fraction of sp³-hybridized carbons (Fsp3) is 0.458. The van der Waals surface area contributed by atoms with Crippen molar-refractivity contribution in [2.24, 2.45) is 5.92 Å². The molecular formula is C24H29ClN4O2S. The minimum Gasteiger partial charge on any atom is -0.339 e. The summed E-state index contributed by atoms with van der Waals surface area (Å²) in [6.07, 6.45) is 1.50. The first kappa shape index (κ1) is 22.8. The van der Waals surface area contributed by atoms with Gasteiger partial charge in [0.1, 0.15) is 4.83 Å². The number of aromatic nitrogens is 2. The monoisotopic (exact) mass is 472 g/mol. The summed E-state index contributed by atoms with van der Waals surface area (Å²) in [5.74, 6) is 0.761. The van der Waals surface area contributed by atoms with Crippen molar-refractivity contribution in [1.82, 2.24) is 19.6 Å². The quantitative estimate of drug-likeness (QED) is 0.516. The Labute approximate surface area is 197 Å². The van der Waals surface area contributed by atoms with Gasteiger partial charge in [0.15, 0.2) is 0 Å². The minimum absolute atomic E-state index is 0.0397. The molecule has 0 unspecified atom stereocenters. The zero-order valence-corrected chi connectivity index (χ0v) is 20.4. The molecule has 0 saturated carbocycles. The van der Waals surface area contributed by atoms with Crippen LogP contribution in [0.3, 0.4) is 0 Å². The molecule has 3 aromatic rings. The van der Waals surface area contributed by atoms with Crippen molar-refractivity contribution in [3.8, 4) is 0 Å². The molecule has 170 valence electrons. The maximum atomic E-state index is 13.2. The van der Waals surface area contributed by atoms with E-state index in [4.69, 9.17) is 11.6 Å². The Morgan fingerprint density at radius 1 is 1.09 bits per heavy atom. The van der Waals surface area contributed by atoms with Crippen molar-refractivity contribution in [3.63, 3.8) is 0 Å². The Kier molecular flexibility index (Phi) is 6.86. The molecular weight excluding hydrogens is 444 g/mol. The van der Waals surface area contributed by atoms with Crippen LogP contribution in [-0.2, 0) is 11.3 Å².